The van der Waals surface area contributed by atoms with Crippen molar-refractivity contribution in [1.82, 2.24) is 10.3 Å². The normalized spacial score (nSPS) is 16.6. The number of nitrogens with zero attached hydrogens (tertiary/aromatic N) is 2. The van der Waals surface area contributed by atoms with Gasteiger partial charge in [0, 0.05) is 6.07 Å². The van der Waals surface area contributed by atoms with Crippen molar-refractivity contribution in [3.05, 3.63) is 23.9 Å². The van der Waals surface area contributed by atoms with E-state index >= 15 is 0 Å². The first-order valence-electron chi connectivity index (χ1n) is 7.04. The highest BCUT2D eigenvalue weighted by molar-refractivity contribution is 7.80. The Morgan fingerprint density at radius 3 is 2.88 bits per heavy atom. The summed E-state index contributed by atoms with van der Waals surface area (Å²) >= 11 is 0. The molecule has 6 N–H and O–H groups in total. The summed E-state index contributed by atoms with van der Waals surface area (Å²) in [6, 6.07) is 1.08. The summed E-state index contributed by atoms with van der Waals surface area (Å²) in [5.41, 5.74) is 6.19. The Kier molecular flexibility index (Phi) is 7.05. The zero-order valence-corrected chi connectivity index (χ0v) is 14.1. The zero-order chi connectivity index (χ0) is 17.7. The van der Waals surface area contributed by atoms with Crippen LogP contribution >= 0.6 is 0 Å². The fraction of sp³-hybridized carbons (Fsp3) is 0.417. The third-order valence-corrected chi connectivity index (χ3v) is 3.28. The van der Waals surface area contributed by atoms with E-state index in [1.807, 2.05) is 12.2 Å². The van der Waals surface area contributed by atoms with E-state index in [1.165, 1.54) is 6.07 Å². The van der Waals surface area contributed by atoms with Gasteiger partial charge in [0.25, 0.3) is 0 Å². The molecule has 0 spiro atoms. The molecule has 1 aromatic rings. The fourth-order valence-electron chi connectivity index (χ4n) is 2.03. The predicted octanol–water partition coefficient (Wildman–Crippen LogP) is -0.835. The predicted molar refractivity (Wildman–Crippen MR) is 84.1 cm³/mol. The second-order valence-electron chi connectivity index (χ2n) is 4.72. The summed E-state index contributed by atoms with van der Waals surface area (Å²) in [5, 5.41) is 5.38. The molecule has 140 valence electrons. The molecule has 0 saturated carbocycles. The number of ether oxygens (including phenoxy) is 1. The highest BCUT2D eigenvalue weighted by Crippen LogP contribution is 2.18. The van der Waals surface area contributed by atoms with E-state index in [4.69, 9.17) is 15.0 Å². The summed E-state index contributed by atoms with van der Waals surface area (Å²) in [7, 11) is -4.89. The van der Waals surface area contributed by atoms with Gasteiger partial charge in [-0.25, -0.2) is 9.08 Å². The number of carbonyl (C=O) groups is 1. The van der Waals surface area contributed by atoms with Gasteiger partial charge < -0.3 is 21.3 Å². The highest BCUT2D eigenvalue weighted by atomic mass is 32.3. The third-order valence-electron chi connectivity index (χ3n) is 2.94. The van der Waals surface area contributed by atoms with Crippen molar-refractivity contribution < 1.29 is 37.0 Å². The first-order valence-corrected chi connectivity index (χ1v) is 8.40. The molecular formula is C12H19N5O7S. The third kappa shape index (κ3) is 5.82. The zero-order valence-electron chi connectivity index (χ0n) is 13.2. The standard InChI is InChI=1S/C12H17N5O6S.H2O/c1-2-22-12(18)16-11-15-9(8-5-3-4-6-14-8)7-10(13)17(11)23-24(19,20)21;/h3,5,7-8,14H,2,4,6H2,1H3,(H3,13,15,16,18,19,20,21);1H2. The minimum Gasteiger partial charge on any atom is -0.870 e. The Morgan fingerprint density at radius 1 is 1.60 bits per heavy atom. The van der Waals surface area contributed by atoms with Crippen molar-refractivity contribution in [3.8, 4) is 0 Å². The number of hydrogen-bond acceptors (Lipinski definition) is 9. The molecule has 13 heteroatoms. The topological polar surface area (TPSA) is 187 Å². The molecule has 25 heavy (non-hydrogen) atoms. The van der Waals surface area contributed by atoms with Gasteiger partial charge in [0.1, 0.15) is 5.69 Å². The van der Waals surface area contributed by atoms with Gasteiger partial charge >= 0.3 is 22.4 Å². The second-order valence-corrected chi connectivity index (χ2v) is 5.72. The van der Waals surface area contributed by atoms with Crippen LogP contribution in [0.4, 0.5) is 16.6 Å². The minimum atomic E-state index is -4.89. The van der Waals surface area contributed by atoms with E-state index in [0.717, 1.165) is 13.0 Å². The maximum atomic E-state index is 11.6. The Balaban J connectivity index is 0.00000312. The van der Waals surface area contributed by atoms with Crippen LogP contribution in [0.5, 0.6) is 0 Å². The quantitative estimate of drug-likeness (QED) is 0.286. The lowest BCUT2D eigenvalue weighted by Gasteiger charge is -2.17. The van der Waals surface area contributed by atoms with Crippen molar-refractivity contribution in [2.45, 2.75) is 19.4 Å². The monoisotopic (exact) mass is 377 g/mol. The number of nitrogens with one attached hydrogen (secondary N) is 2. The van der Waals surface area contributed by atoms with Crippen molar-refractivity contribution in [2.75, 3.05) is 24.2 Å². The van der Waals surface area contributed by atoms with Crippen LogP contribution in [0.15, 0.2) is 18.2 Å². The molecule has 1 aliphatic rings. The molecule has 2 heterocycles. The van der Waals surface area contributed by atoms with Crippen LogP contribution in [0.3, 0.4) is 0 Å². The smallest absolute Gasteiger partial charge is 0.474 e. The van der Waals surface area contributed by atoms with Crippen molar-refractivity contribution in [1.29, 1.82) is 0 Å². The Morgan fingerprint density at radius 2 is 2.32 bits per heavy atom. The number of hydrogen-bond donors (Lipinski definition) is 4. The molecule has 1 amide bonds. The highest BCUT2D eigenvalue weighted by Gasteiger charge is 2.27. The van der Waals surface area contributed by atoms with Gasteiger partial charge in [0.15, 0.2) is 0 Å². The Labute approximate surface area is 143 Å². The molecule has 1 unspecified atom stereocenters. The van der Waals surface area contributed by atoms with Gasteiger partial charge in [-0.15, -0.1) is 4.98 Å². The van der Waals surface area contributed by atoms with Crippen molar-refractivity contribution in [3.63, 3.8) is 0 Å². The molecule has 2 rings (SSSR count). The van der Waals surface area contributed by atoms with Crippen LogP contribution < -0.4 is 25.4 Å². The molecule has 0 aromatic carbocycles. The lowest BCUT2D eigenvalue weighted by Crippen LogP contribution is -2.51. The number of amides is 1. The van der Waals surface area contributed by atoms with Crippen LogP contribution in [-0.2, 0) is 15.1 Å². The number of aromatic nitrogens is 2. The average molecular weight is 377 g/mol. The van der Waals surface area contributed by atoms with Gasteiger partial charge in [-0.1, -0.05) is 12.2 Å². The van der Waals surface area contributed by atoms with Crippen LogP contribution in [0.25, 0.3) is 0 Å². The van der Waals surface area contributed by atoms with Crippen LogP contribution in [0.2, 0.25) is 0 Å². The van der Waals surface area contributed by atoms with Gasteiger partial charge in [-0.3, -0.25) is 4.55 Å². The van der Waals surface area contributed by atoms with Crippen molar-refractivity contribution in [2.24, 2.45) is 0 Å². The first-order chi connectivity index (χ1) is 11.3. The summed E-state index contributed by atoms with van der Waals surface area (Å²) < 4.78 is 40.3. The number of nitrogens with two attached hydrogens (primary N) is 1. The molecule has 1 aliphatic heterocycles. The summed E-state index contributed by atoms with van der Waals surface area (Å²) in [6.45, 7) is 2.41. The minimum absolute atomic E-state index is 0. The van der Waals surface area contributed by atoms with Crippen LogP contribution in [-0.4, -0.2) is 42.7 Å². The summed E-state index contributed by atoms with van der Waals surface area (Å²) in [5.74, 6) is -0.563. The fourth-order valence-corrected chi connectivity index (χ4v) is 2.37. The van der Waals surface area contributed by atoms with E-state index in [-0.39, 0.29) is 29.9 Å². The maximum absolute atomic E-state index is 11.6. The van der Waals surface area contributed by atoms with E-state index < -0.39 is 16.5 Å². The first kappa shape index (κ1) is 20.6. The van der Waals surface area contributed by atoms with E-state index in [2.05, 4.69) is 19.9 Å². The molecule has 0 saturated heterocycles. The number of anilines is 2. The van der Waals surface area contributed by atoms with Crippen LogP contribution in [0, 0.1) is 0 Å². The molecule has 0 radical (unpaired) electrons. The van der Waals surface area contributed by atoms with Crippen molar-refractivity contribution >= 4 is 28.3 Å². The van der Waals surface area contributed by atoms with Gasteiger partial charge in [0.2, 0.25) is 5.82 Å². The molecule has 0 bridgehead atoms. The van der Waals surface area contributed by atoms with E-state index in [9.17, 15) is 13.2 Å². The lowest BCUT2D eigenvalue weighted by atomic mass is 10.1. The SMILES string of the molecule is CCOC(=O)Nc1nc(C2C=CCCN2)cc(N)[n+]1OS(=O)(=O)O.[OH-]. The molecular weight excluding hydrogens is 358 g/mol. The van der Waals surface area contributed by atoms with Gasteiger partial charge in [-0.2, -0.15) is 13.7 Å². The molecule has 0 fully saturated rings. The van der Waals surface area contributed by atoms with Crippen LogP contribution in [0.1, 0.15) is 25.1 Å². The second kappa shape index (κ2) is 8.57. The number of rotatable bonds is 5. The largest absolute Gasteiger partial charge is 0.870 e. The number of carbonyl (C=O) groups excluding carboxylic acids is 1. The summed E-state index contributed by atoms with van der Waals surface area (Å²) in [4.78, 5) is 15.7. The summed E-state index contributed by atoms with van der Waals surface area (Å²) in [6.07, 6.45) is 3.78. The van der Waals surface area contributed by atoms with Gasteiger partial charge in [-0.05, 0) is 24.6 Å². The maximum Gasteiger partial charge on any atom is 0.474 e. The molecule has 12 nitrogen and oxygen atoms in total. The molecule has 0 aliphatic carbocycles. The molecule has 1 atom stereocenters. The lowest BCUT2D eigenvalue weighted by molar-refractivity contribution is -0.835. The molecule has 1 aromatic heterocycles. The number of nitrogen functional groups attached to an aromatic ring is 1. The van der Waals surface area contributed by atoms with E-state index in [1.54, 1.807) is 6.92 Å². The Hall–Kier alpha value is -2.48. The average Bonchev–Trinajstić information content (AvgIpc) is 2.50. The Bertz CT molecular complexity index is 752. The van der Waals surface area contributed by atoms with E-state index in [0.29, 0.717) is 10.4 Å². The van der Waals surface area contributed by atoms with Gasteiger partial charge in [0.05, 0.1) is 12.6 Å².